The summed E-state index contributed by atoms with van der Waals surface area (Å²) in [4.78, 5) is 10.0. The number of phenols is 2. The Morgan fingerprint density at radius 1 is 1.47 bits per heavy atom. The van der Waals surface area contributed by atoms with Crippen molar-refractivity contribution in [2.75, 3.05) is 12.0 Å². The van der Waals surface area contributed by atoms with Gasteiger partial charge in [-0.3, -0.25) is 10.1 Å². The number of hydrogen-bond acceptors (Lipinski definition) is 6. The zero-order valence-corrected chi connectivity index (χ0v) is 11.0. The van der Waals surface area contributed by atoms with E-state index in [-0.39, 0.29) is 4.58 Å². The van der Waals surface area contributed by atoms with Gasteiger partial charge in [-0.15, -0.1) is 23.5 Å². The Morgan fingerprint density at radius 3 is 2.59 bits per heavy atom. The van der Waals surface area contributed by atoms with E-state index >= 15 is 0 Å². The van der Waals surface area contributed by atoms with Gasteiger partial charge >= 0.3 is 5.69 Å². The summed E-state index contributed by atoms with van der Waals surface area (Å²) < 4.78 is 0.00481. The van der Waals surface area contributed by atoms with Crippen LogP contribution < -0.4 is 0 Å². The largest absolute Gasteiger partial charge is 0.504 e. The van der Waals surface area contributed by atoms with Gasteiger partial charge in [-0.2, -0.15) is 0 Å². The van der Waals surface area contributed by atoms with Gasteiger partial charge in [0.05, 0.1) is 9.51 Å². The summed E-state index contributed by atoms with van der Waals surface area (Å²) in [5.74, 6) is -0.272. The summed E-state index contributed by atoms with van der Waals surface area (Å²) in [6.45, 7) is 1.99. The monoisotopic (exact) mass is 275 g/mol. The predicted octanol–water partition coefficient (Wildman–Crippen LogP) is 3.12. The van der Waals surface area contributed by atoms with Crippen molar-refractivity contribution in [2.24, 2.45) is 0 Å². The van der Waals surface area contributed by atoms with Crippen LogP contribution >= 0.6 is 23.5 Å². The average Bonchev–Trinajstić information content (AvgIpc) is 2.29. The van der Waals surface area contributed by atoms with Crippen LogP contribution in [0, 0.1) is 10.1 Å². The lowest BCUT2D eigenvalue weighted by Gasteiger charge is -2.14. The van der Waals surface area contributed by atoms with E-state index in [9.17, 15) is 20.3 Å². The lowest BCUT2D eigenvalue weighted by Crippen LogP contribution is -1.94. The molecule has 17 heavy (non-hydrogen) atoms. The van der Waals surface area contributed by atoms with Crippen molar-refractivity contribution in [3.05, 3.63) is 27.8 Å². The Hall–Kier alpha value is -1.08. The molecule has 0 aliphatic rings. The third-order valence-electron chi connectivity index (χ3n) is 2.09. The molecule has 0 radical (unpaired) electrons. The van der Waals surface area contributed by atoms with Crippen LogP contribution in [0.2, 0.25) is 0 Å². The first-order valence-corrected chi connectivity index (χ1v) is 7.19. The molecule has 5 nitrogen and oxygen atoms in total. The zero-order valence-electron chi connectivity index (χ0n) is 9.41. The van der Waals surface area contributed by atoms with Crippen LogP contribution in [0.5, 0.6) is 11.5 Å². The molecule has 0 fully saturated rings. The third-order valence-corrected chi connectivity index (χ3v) is 4.69. The summed E-state index contributed by atoms with van der Waals surface area (Å²) >= 11 is 3.14. The van der Waals surface area contributed by atoms with Crippen LogP contribution in [0.4, 0.5) is 5.69 Å². The molecule has 94 valence electrons. The Balaban J connectivity index is 3.21. The highest BCUT2D eigenvalue weighted by Gasteiger charge is 2.22. The number of nitro groups is 1. The van der Waals surface area contributed by atoms with Crippen LogP contribution in [-0.2, 0) is 0 Å². The first kappa shape index (κ1) is 14.0. The molecule has 1 rings (SSSR count). The number of rotatable bonds is 5. The van der Waals surface area contributed by atoms with Gasteiger partial charge in [-0.1, -0.05) is 6.92 Å². The fourth-order valence-electron chi connectivity index (χ4n) is 1.35. The number of benzene rings is 1. The minimum atomic E-state index is -0.702. The molecule has 0 saturated carbocycles. The second kappa shape index (κ2) is 6.02. The maximum Gasteiger partial charge on any atom is 0.314 e. The molecule has 0 aliphatic carbocycles. The van der Waals surface area contributed by atoms with Gasteiger partial charge in [-0.05, 0) is 23.6 Å². The van der Waals surface area contributed by atoms with Crippen molar-refractivity contribution in [2.45, 2.75) is 11.5 Å². The van der Waals surface area contributed by atoms with Crippen molar-refractivity contribution in [1.82, 2.24) is 0 Å². The van der Waals surface area contributed by atoms with Crippen LogP contribution in [-0.4, -0.2) is 27.1 Å². The molecule has 1 aromatic rings. The second-order valence-electron chi connectivity index (χ2n) is 3.19. The van der Waals surface area contributed by atoms with Gasteiger partial charge in [0, 0.05) is 6.07 Å². The van der Waals surface area contributed by atoms with Crippen molar-refractivity contribution in [3.63, 3.8) is 0 Å². The first-order chi connectivity index (χ1) is 8.01. The highest BCUT2D eigenvalue weighted by Crippen LogP contribution is 2.44. The number of phenolic OH excluding ortho intramolecular Hbond substituents is 2. The minimum absolute atomic E-state index is 0.00481. The van der Waals surface area contributed by atoms with Crippen molar-refractivity contribution >= 4 is 29.2 Å². The summed E-state index contributed by atoms with van der Waals surface area (Å²) in [7, 11) is 0. The molecule has 0 amide bonds. The molecule has 1 unspecified atom stereocenters. The number of thioether (sulfide) groups is 2. The van der Waals surface area contributed by atoms with Gasteiger partial charge in [0.25, 0.3) is 0 Å². The van der Waals surface area contributed by atoms with E-state index in [2.05, 4.69) is 0 Å². The molecular formula is C10H13NO4S2. The van der Waals surface area contributed by atoms with Gasteiger partial charge in [0.1, 0.15) is 0 Å². The topological polar surface area (TPSA) is 83.6 Å². The second-order valence-corrected chi connectivity index (χ2v) is 5.81. The molecule has 0 heterocycles. The number of nitrogens with zero attached hydrogens (tertiary/aromatic N) is 1. The SMILES string of the molecule is CCSC(SC)c1cc(O)c(O)c([N+](=O)[O-])c1. The van der Waals surface area contributed by atoms with Gasteiger partial charge in [0.2, 0.25) is 5.75 Å². The third kappa shape index (κ3) is 3.19. The summed E-state index contributed by atoms with van der Waals surface area (Å²) in [5.41, 5.74) is 0.169. The van der Waals surface area contributed by atoms with Crippen LogP contribution in [0.3, 0.4) is 0 Å². The number of nitro benzene ring substituents is 1. The van der Waals surface area contributed by atoms with Gasteiger partial charge in [-0.25, -0.2) is 0 Å². The maximum absolute atomic E-state index is 10.7. The summed E-state index contributed by atoms with van der Waals surface area (Å²) in [5, 5.41) is 29.6. The Morgan fingerprint density at radius 2 is 2.12 bits per heavy atom. The first-order valence-electron chi connectivity index (χ1n) is 4.85. The standard InChI is InChI=1S/C10H13NO4S2/c1-3-17-10(16-2)6-4-7(11(14)15)9(13)8(12)5-6/h4-5,10,12-13H,3H2,1-2H3. The fraction of sp³-hybridized carbons (Fsp3) is 0.400. The predicted molar refractivity (Wildman–Crippen MR) is 70.8 cm³/mol. The van der Waals surface area contributed by atoms with E-state index in [4.69, 9.17) is 0 Å². The molecular weight excluding hydrogens is 262 g/mol. The lowest BCUT2D eigenvalue weighted by molar-refractivity contribution is -0.386. The summed E-state index contributed by atoms with van der Waals surface area (Å²) in [6, 6.07) is 2.67. The average molecular weight is 275 g/mol. The quantitative estimate of drug-likeness (QED) is 0.372. The molecule has 0 bridgehead atoms. The van der Waals surface area contributed by atoms with E-state index in [0.29, 0.717) is 5.56 Å². The fourth-order valence-corrected chi connectivity index (χ4v) is 3.34. The Labute approximate surface area is 107 Å². The number of hydrogen-bond donors (Lipinski definition) is 2. The minimum Gasteiger partial charge on any atom is -0.504 e. The maximum atomic E-state index is 10.7. The van der Waals surface area contributed by atoms with Crippen molar-refractivity contribution in [3.8, 4) is 11.5 Å². The number of aromatic hydroxyl groups is 2. The lowest BCUT2D eigenvalue weighted by atomic mass is 10.2. The summed E-state index contributed by atoms with van der Waals surface area (Å²) in [6.07, 6.45) is 1.89. The molecule has 1 aromatic carbocycles. The van der Waals surface area contributed by atoms with Crippen molar-refractivity contribution in [1.29, 1.82) is 0 Å². The van der Waals surface area contributed by atoms with E-state index < -0.39 is 22.1 Å². The molecule has 0 saturated heterocycles. The van der Waals surface area contributed by atoms with Gasteiger partial charge < -0.3 is 10.2 Å². The zero-order chi connectivity index (χ0) is 13.0. The smallest absolute Gasteiger partial charge is 0.314 e. The molecule has 1 atom stereocenters. The highest BCUT2D eigenvalue weighted by atomic mass is 32.2. The normalized spacial score (nSPS) is 12.4. The van der Waals surface area contributed by atoms with E-state index in [1.807, 2.05) is 13.2 Å². The van der Waals surface area contributed by atoms with Crippen LogP contribution in [0.25, 0.3) is 0 Å². The Bertz CT molecular complexity index is 425. The highest BCUT2D eigenvalue weighted by molar-refractivity contribution is 8.16. The van der Waals surface area contributed by atoms with Gasteiger partial charge in [0.15, 0.2) is 5.75 Å². The molecule has 0 aromatic heterocycles. The van der Waals surface area contributed by atoms with Crippen LogP contribution in [0.15, 0.2) is 12.1 Å². The van der Waals surface area contributed by atoms with E-state index in [1.165, 1.54) is 23.9 Å². The van der Waals surface area contributed by atoms with Crippen molar-refractivity contribution < 1.29 is 15.1 Å². The molecule has 2 N–H and O–H groups in total. The molecule has 7 heteroatoms. The van der Waals surface area contributed by atoms with E-state index in [1.54, 1.807) is 11.8 Å². The van der Waals surface area contributed by atoms with Crippen LogP contribution in [0.1, 0.15) is 17.1 Å². The molecule has 0 spiro atoms. The van der Waals surface area contributed by atoms with E-state index in [0.717, 1.165) is 5.75 Å². The Kier molecular flexibility index (Phi) is 4.95. The molecule has 0 aliphatic heterocycles.